The SMILES string of the molecule is CN/C=C1\C[C@H]1N=CN. The van der Waals surface area contributed by atoms with Gasteiger partial charge in [0.15, 0.2) is 0 Å². The van der Waals surface area contributed by atoms with Crippen molar-refractivity contribution < 1.29 is 0 Å². The van der Waals surface area contributed by atoms with Gasteiger partial charge in [0, 0.05) is 7.05 Å². The van der Waals surface area contributed by atoms with Crippen molar-refractivity contribution in [3.05, 3.63) is 11.8 Å². The molecule has 0 aromatic heterocycles. The number of nitrogens with two attached hydrogens (primary N) is 1. The Morgan fingerprint density at radius 3 is 3.22 bits per heavy atom. The summed E-state index contributed by atoms with van der Waals surface area (Å²) in [7, 11) is 1.88. The average molecular weight is 125 g/mol. The molecule has 0 spiro atoms. The van der Waals surface area contributed by atoms with E-state index in [0.29, 0.717) is 6.04 Å². The molecule has 0 heterocycles. The Bertz CT molecular complexity index is 148. The molecule has 0 saturated heterocycles. The van der Waals surface area contributed by atoms with Crippen molar-refractivity contribution in [2.24, 2.45) is 10.7 Å². The third-order valence-electron chi connectivity index (χ3n) is 1.29. The molecule has 50 valence electrons. The topological polar surface area (TPSA) is 50.4 Å². The molecule has 1 aliphatic rings. The third-order valence-corrected chi connectivity index (χ3v) is 1.29. The minimum atomic E-state index is 0.377. The number of hydrogen-bond donors (Lipinski definition) is 2. The smallest absolute Gasteiger partial charge is 0.0805 e. The lowest BCUT2D eigenvalue weighted by Crippen LogP contribution is -1.93. The number of aliphatic imine (C=N–C) groups is 1. The summed E-state index contributed by atoms with van der Waals surface area (Å²) in [4.78, 5) is 3.98. The molecule has 9 heavy (non-hydrogen) atoms. The van der Waals surface area contributed by atoms with Crippen LogP contribution in [0.5, 0.6) is 0 Å². The number of rotatable bonds is 2. The molecule has 3 nitrogen and oxygen atoms in total. The molecule has 1 fully saturated rings. The van der Waals surface area contributed by atoms with E-state index >= 15 is 0 Å². The highest BCUT2D eigenvalue weighted by Gasteiger charge is 2.27. The van der Waals surface area contributed by atoms with E-state index in [9.17, 15) is 0 Å². The van der Waals surface area contributed by atoms with Crippen molar-refractivity contribution in [2.75, 3.05) is 7.05 Å². The first-order chi connectivity index (χ1) is 4.38. The second kappa shape index (κ2) is 2.53. The molecule has 0 bridgehead atoms. The zero-order chi connectivity index (χ0) is 6.69. The number of hydrogen-bond acceptors (Lipinski definition) is 2. The molecular weight excluding hydrogens is 114 g/mol. The molecule has 1 atom stereocenters. The molecule has 1 aliphatic carbocycles. The summed E-state index contributed by atoms with van der Waals surface area (Å²) in [5, 5.41) is 2.94. The highest BCUT2D eigenvalue weighted by atomic mass is 14.9. The fraction of sp³-hybridized carbons (Fsp3) is 0.500. The monoisotopic (exact) mass is 125 g/mol. The van der Waals surface area contributed by atoms with Crippen LogP contribution in [0.25, 0.3) is 0 Å². The zero-order valence-electron chi connectivity index (χ0n) is 5.46. The van der Waals surface area contributed by atoms with Crippen molar-refractivity contribution in [2.45, 2.75) is 12.5 Å². The number of nitrogens with zero attached hydrogens (tertiary/aromatic N) is 1. The van der Waals surface area contributed by atoms with Crippen LogP contribution in [0.2, 0.25) is 0 Å². The van der Waals surface area contributed by atoms with Crippen LogP contribution in [0.1, 0.15) is 6.42 Å². The fourth-order valence-electron chi connectivity index (χ4n) is 0.757. The molecule has 0 aliphatic heterocycles. The van der Waals surface area contributed by atoms with E-state index < -0.39 is 0 Å². The van der Waals surface area contributed by atoms with Crippen molar-refractivity contribution in [1.29, 1.82) is 0 Å². The van der Waals surface area contributed by atoms with Crippen molar-refractivity contribution in [1.82, 2.24) is 5.32 Å². The minimum Gasteiger partial charge on any atom is -0.394 e. The zero-order valence-corrected chi connectivity index (χ0v) is 5.46. The van der Waals surface area contributed by atoms with Gasteiger partial charge in [-0.2, -0.15) is 0 Å². The van der Waals surface area contributed by atoms with Gasteiger partial charge in [-0.15, -0.1) is 0 Å². The van der Waals surface area contributed by atoms with Gasteiger partial charge in [-0.1, -0.05) is 0 Å². The highest BCUT2D eigenvalue weighted by molar-refractivity contribution is 5.53. The van der Waals surface area contributed by atoms with Crippen molar-refractivity contribution >= 4 is 6.34 Å². The van der Waals surface area contributed by atoms with E-state index in [1.807, 2.05) is 13.2 Å². The summed E-state index contributed by atoms with van der Waals surface area (Å²) >= 11 is 0. The minimum absolute atomic E-state index is 0.377. The van der Waals surface area contributed by atoms with Gasteiger partial charge in [0.1, 0.15) is 0 Å². The first-order valence-electron chi connectivity index (χ1n) is 2.98. The summed E-state index contributed by atoms with van der Waals surface area (Å²) in [5.74, 6) is 0. The second-order valence-corrected chi connectivity index (χ2v) is 2.03. The summed E-state index contributed by atoms with van der Waals surface area (Å²) in [6.07, 6.45) is 4.40. The van der Waals surface area contributed by atoms with E-state index in [0.717, 1.165) is 6.42 Å². The molecule has 3 heteroatoms. The predicted octanol–water partition coefficient (Wildman–Crippen LogP) is -0.151. The van der Waals surface area contributed by atoms with E-state index in [1.165, 1.54) is 11.9 Å². The lowest BCUT2D eigenvalue weighted by Gasteiger charge is -1.81. The predicted molar refractivity (Wildman–Crippen MR) is 38.2 cm³/mol. The lowest BCUT2D eigenvalue weighted by molar-refractivity contribution is 1.07. The summed E-state index contributed by atoms with van der Waals surface area (Å²) in [6, 6.07) is 0.377. The van der Waals surface area contributed by atoms with E-state index in [2.05, 4.69) is 10.3 Å². The summed E-state index contributed by atoms with van der Waals surface area (Å²) in [5.41, 5.74) is 6.42. The molecule has 1 rings (SSSR count). The van der Waals surface area contributed by atoms with Gasteiger partial charge < -0.3 is 11.1 Å². The Balaban J connectivity index is 2.32. The van der Waals surface area contributed by atoms with E-state index in [1.54, 1.807) is 0 Å². The van der Waals surface area contributed by atoms with Gasteiger partial charge in [-0.05, 0) is 18.2 Å². The van der Waals surface area contributed by atoms with Crippen LogP contribution in [-0.4, -0.2) is 19.4 Å². The quantitative estimate of drug-likeness (QED) is 0.398. The van der Waals surface area contributed by atoms with E-state index in [-0.39, 0.29) is 0 Å². The van der Waals surface area contributed by atoms with Crippen LogP contribution in [0, 0.1) is 0 Å². The maximum absolute atomic E-state index is 5.09. The second-order valence-electron chi connectivity index (χ2n) is 2.03. The molecular formula is C6H11N3. The standard InChI is InChI=1S/C6H11N3/c1-8-3-5-2-6(5)9-4-7/h3-4,6,8H,2H2,1H3,(H2,7,9)/b5-3+/t6-/m1/s1. The largest absolute Gasteiger partial charge is 0.394 e. The Hall–Kier alpha value is -0.990. The Morgan fingerprint density at radius 1 is 1.89 bits per heavy atom. The molecule has 3 N–H and O–H groups in total. The average Bonchev–Trinajstić information content (AvgIpc) is 2.50. The Labute approximate surface area is 54.7 Å². The number of nitrogens with one attached hydrogen (secondary N) is 1. The van der Waals surface area contributed by atoms with Crippen LogP contribution in [0.3, 0.4) is 0 Å². The first kappa shape index (κ1) is 6.13. The molecule has 0 aromatic carbocycles. The summed E-state index contributed by atoms with van der Waals surface area (Å²) < 4.78 is 0. The normalized spacial score (nSPS) is 29.4. The molecule has 0 aromatic rings. The highest BCUT2D eigenvalue weighted by Crippen LogP contribution is 2.31. The third kappa shape index (κ3) is 1.45. The van der Waals surface area contributed by atoms with Crippen LogP contribution >= 0.6 is 0 Å². The van der Waals surface area contributed by atoms with Gasteiger partial charge in [-0.3, -0.25) is 4.99 Å². The maximum Gasteiger partial charge on any atom is 0.0805 e. The van der Waals surface area contributed by atoms with Crippen LogP contribution < -0.4 is 11.1 Å². The molecule has 0 amide bonds. The Morgan fingerprint density at radius 2 is 2.67 bits per heavy atom. The fourth-order valence-corrected chi connectivity index (χ4v) is 0.757. The van der Waals surface area contributed by atoms with E-state index in [4.69, 9.17) is 5.73 Å². The molecule has 0 unspecified atom stereocenters. The van der Waals surface area contributed by atoms with Crippen LogP contribution in [0.4, 0.5) is 0 Å². The maximum atomic E-state index is 5.09. The van der Waals surface area contributed by atoms with Crippen LogP contribution in [0.15, 0.2) is 16.8 Å². The van der Waals surface area contributed by atoms with Crippen molar-refractivity contribution in [3.63, 3.8) is 0 Å². The Kier molecular flexibility index (Phi) is 1.72. The van der Waals surface area contributed by atoms with Crippen LogP contribution in [-0.2, 0) is 0 Å². The summed E-state index contributed by atoms with van der Waals surface area (Å²) in [6.45, 7) is 0. The van der Waals surface area contributed by atoms with Gasteiger partial charge >= 0.3 is 0 Å². The first-order valence-corrected chi connectivity index (χ1v) is 2.98. The lowest BCUT2D eigenvalue weighted by atomic mass is 10.6. The molecule has 0 radical (unpaired) electrons. The van der Waals surface area contributed by atoms with Gasteiger partial charge in [0.25, 0.3) is 0 Å². The molecule has 1 saturated carbocycles. The van der Waals surface area contributed by atoms with Crippen molar-refractivity contribution in [3.8, 4) is 0 Å². The van der Waals surface area contributed by atoms with Gasteiger partial charge in [0.05, 0.1) is 12.4 Å². The van der Waals surface area contributed by atoms with Gasteiger partial charge in [-0.25, -0.2) is 0 Å². The van der Waals surface area contributed by atoms with Gasteiger partial charge in [0.2, 0.25) is 0 Å².